The van der Waals surface area contributed by atoms with E-state index in [1.165, 1.54) is 6.20 Å². The topological polar surface area (TPSA) is 81.1 Å². The van der Waals surface area contributed by atoms with Crippen molar-refractivity contribution >= 4 is 28.5 Å². The van der Waals surface area contributed by atoms with Gasteiger partial charge in [0.2, 0.25) is 0 Å². The van der Waals surface area contributed by atoms with Crippen molar-refractivity contribution in [2.24, 2.45) is 7.05 Å². The molecule has 2 aromatic heterocycles. The summed E-state index contributed by atoms with van der Waals surface area (Å²) < 4.78 is 7.00. The molecule has 124 valence electrons. The Labute approximate surface area is 139 Å². The molecule has 7 nitrogen and oxygen atoms in total. The number of esters is 1. The van der Waals surface area contributed by atoms with Crippen molar-refractivity contribution < 1.29 is 9.53 Å². The fourth-order valence-electron chi connectivity index (χ4n) is 2.38. The van der Waals surface area contributed by atoms with Crippen LogP contribution in [0.5, 0.6) is 0 Å². The molecule has 7 heteroatoms. The van der Waals surface area contributed by atoms with Gasteiger partial charge in [0.15, 0.2) is 5.65 Å². The third-order valence-electron chi connectivity index (χ3n) is 3.71. The van der Waals surface area contributed by atoms with Crippen LogP contribution in [0.1, 0.15) is 23.1 Å². The van der Waals surface area contributed by atoms with Crippen LogP contribution in [-0.4, -0.2) is 27.1 Å². The smallest absolute Gasteiger partial charge is 0.341 e. The summed E-state index contributed by atoms with van der Waals surface area (Å²) in [6.07, 6.45) is 1.51. The minimum absolute atomic E-state index is 0.295. The van der Waals surface area contributed by atoms with E-state index >= 15 is 0 Å². The van der Waals surface area contributed by atoms with Gasteiger partial charge in [-0.15, -0.1) is 0 Å². The average Bonchev–Trinajstić information content (AvgIpc) is 2.89. The zero-order chi connectivity index (χ0) is 17.1. The highest BCUT2D eigenvalue weighted by atomic mass is 16.5. The highest BCUT2D eigenvalue weighted by Gasteiger charge is 2.20. The Bertz CT molecular complexity index is 874. The summed E-state index contributed by atoms with van der Waals surface area (Å²) in [6, 6.07) is 9.60. The Balaban J connectivity index is 2.05. The van der Waals surface area contributed by atoms with E-state index < -0.39 is 5.97 Å². The van der Waals surface area contributed by atoms with Crippen LogP contribution in [0.2, 0.25) is 0 Å². The minimum Gasteiger partial charge on any atom is -0.462 e. The van der Waals surface area contributed by atoms with Crippen LogP contribution in [0.15, 0.2) is 36.5 Å². The lowest BCUT2D eigenvalue weighted by molar-refractivity contribution is 0.0527. The van der Waals surface area contributed by atoms with E-state index in [2.05, 4.69) is 20.8 Å². The lowest BCUT2D eigenvalue weighted by atomic mass is 10.2. The highest BCUT2D eigenvalue weighted by Crippen LogP contribution is 2.26. The minimum atomic E-state index is -0.437. The Morgan fingerprint density at radius 3 is 2.71 bits per heavy atom. The summed E-state index contributed by atoms with van der Waals surface area (Å²) >= 11 is 0. The molecular formula is C17H19N5O2. The van der Waals surface area contributed by atoms with Crippen molar-refractivity contribution in [3.63, 3.8) is 0 Å². The summed E-state index contributed by atoms with van der Waals surface area (Å²) in [6.45, 7) is 3.95. The standard InChI is InChI=1S/C17H19N5O2/c1-4-24-17(23)13-10-18-16-15(19-11(2)22(16)3)14(13)21-20-12-8-6-5-7-9-12/h5-10,20H,4H2,1-3H3,(H,18,21). The number of benzene rings is 1. The molecule has 1 aromatic carbocycles. The van der Waals surface area contributed by atoms with Gasteiger partial charge in [-0.2, -0.15) is 0 Å². The molecule has 0 amide bonds. The summed E-state index contributed by atoms with van der Waals surface area (Å²) in [5, 5.41) is 0. The molecule has 0 radical (unpaired) electrons. The number of fused-ring (bicyclic) bond motifs is 1. The molecule has 0 saturated heterocycles. The number of para-hydroxylation sites is 1. The van der Waals surface area contributed by atoms with Crippen LogP contribution in [0.25, 0.3) is 11.2 Å². The second-order valence-corrected chi connectivity index (χ2v) is 5.27. The van der Waals surface area contributed by atoms with E-state index in [1.54, 1.807) is 6.92 Å². The fourth-order valence-corrected chi connectivity index (χ4v) is 2.38. The number of carbonyl (C=O) groups is 1. The van der Waals surface area contributed by atoms with Crippen molar-refractivity contribution in [1.29, 1.82) is 0 Å². The van der Waals surface area contributed by atoms with Crippen LogP contribution in [0, 0.1) is 6.92 Å². The number of anilines is 2. The number of hydrogen-bond donors (Lipinski definition) is 2. The molecule has 3 aromatic rings. The van der Waals surface area contributed by atoms with Crippen molar-refractivity contribution in [2.45, 2.75) is 13.8 Å². The molecule has 2 N–H and O–H groups in total. The largest absolute Gasteiger partial charge is 0.462 e. The lowest BCUT2D eigenvalue weighted by Crippen LogP contribution is -2.15. The SMILES string of the molecule is CCOC(=O)c1cnc2c(nc(C)n2C)c1NNc1ccccc1. The molecule has 0 fully saturated rings. The average molecular weight is 325 g/mol. The fraction of sp³-hybridized carbons (Fsp3) is 0.235. The molecule has 0 aliphatic carbocycles. The van der Waals surface area contributed by atoms with Crippen LogP contribution in [-0.2, 0) is 11.8 Å². The molecule has 2 heterocycles. The Morgan fingerprint density at radius 2 is 2.00 bits per heavy atom. The molecule has 0 saturated carbocycles. The number of hydrazine groups is 1. The lowest BCUT2D eigenvalue weighted by Gasteiger charge is -2.13. The Morgan fingerprint density at radius 1 is 1.25 bits per heavy atom. The number of ether oxygens (including phenoxy) is 1. The maximum Gasteiger partial charge on any atom is 0.341 e. The zero-order valence-electron chi connectivity index (χ0n) is 13.8. The maximum absolute atomic E-state index is 12.2. The van der Waals surface area contributed by atoms with Gasteiger partial charge in [-0.3, -0.25) is 5.43 Å². The third-order valence-corrected chi connectivity index (χ3v) is 3.71. The predicted octanol–water partition coefficient (Wildman–Crippen LogP) is 2.89. The predicted molar refractivity (Wildman–Crippen MR) is 92.9 cm³/mol. The van der Waals surface area contributed by atoms with Gasteiger partial charge in [-0.1, -0.05) is 18.2 Å². The highest BCUT2D eigenvalue weighted by molar-refractivity contribution is 6.03. The number of hydrogen-bond acceptors (Lipinski definition) is 6. The summed E-state index contributed by atoms with van der Waals surface area (Å²) in [5.74, 6) is 0.369. The zero-order valence-corrected chi connectivity index (χ0v) is 13.8. The van der Waals surface area contributed by atoms with E-state index in [0.717, 1.165) is 11.5 Å². The number of pyridine rings is 1. The Hall–Kier alpha value is -3.09. The van der Waals surface area contributed by atoms with E-state index in [-0.39, 0.29) is 0 Å². The number of imidazole rings is 1. The number of aromatic nitrogens is 3. The first kappa shape index (κ1) is 15.8. The summed E-state index contributed by atoms with van der Waals surface area (Å²) in [5.41, 5.74) is 9.23. The van der Waals surface area contributed by atoms with Crippen LogP contribution < -0.4 is 10.9 Å². The maximum atomic E-state index is 12.2. The first-order chi connectivity index (χ1) is 11.6. The number of aryl methyl sites for hydroxylation is 2. The molecule has 0 bridgehead atoms. The molecule has 0 aliphatic rings. The molecule has 24 heavy (non-hydrogen) atoms. The number of carbonyl (C=O) groups excluding carboxylic acids is 1. The van der Waals surface area contributed by atoms with Gasteiger partial charge in [0, 0.05) is 13.2 Å². The van der Waals surface area contributed by atoms with E-state index in [0.29, 0.717) is 29.0 Å². The molecule has 0 atom stereocenters. The first-order valence-electron chi connectivity index (χ1n) is 7.68. The molecule has 0 aliphatic heterocycles. The van der Waals surface area contributed by atoms with Gasteiger partial charge >= 0.3 is 5.97 Å². The summed E-state index contributed by atoms with van der Waals surface area (Å²) in [4.78, 5) is 21.1. The second-order valence-electron chi connectivity index (χ2n) is 5.27. The van der Waals surface area contributed by atoms with E-state index in [4.69, 9.17) is 4.74 Å². The molecule has 0 spiro atoms. The molecule has 0 unspecified atom stereocenters. The van der Waals surface area contributed by atoms with Gasteiger partial charge in [0.1, 0.15) is 16.9 Å². The third kappa shape index (κ3) is 2.88. The van der Waals surface area contributed by atoms with Crippen LogP contribution in [0.4, 0.5) is 11.4 Å². The molecular weight excluding hydrogens is 306 g/mol. The number of nitrogens with zero attached hydrogens (tertiary/aromatic N) is 3. The van der Waals surface area contributed by atoms with Gasteiger partial charge < -0.3 is 14.7 Å². The first-order valence-corrected chi connectivity index (χ1v) is 7.68. The normalized spacial score (nSPS) is 10.6. The van der Waals surface area contributed by atoms with Crippen LogP contribution >= 0.6 is 0 Å². The number of rotatable bonds is 5. The van der Waals surface area contributed by atoms with Gasteiger partial charge in [0.25, 0.3) is 0 Å². The van der Waals surface area contributed by atoms with Gasteiger partial charge in [-0.05, 0) is 26.0 Å². The Kier molecular flexibility index (Phi) is 4.33. The van der Waals surface area contributed by atoms with Crippen LogP contribution in [0.3, 0.4) is 0 Å². The summed E-state index contributed by atoms with van der Waals surface area (Å²) in [7, 11) is 1.89. The molecule has 3 rings (SSSR count). The van der Waals surface area contributed by atoms with Crippen molar-refractivity contribution in [1.82, 2.24) is 14.5 Å². The monoisotopic (exact) mass is 325 g/mol. The van der Waals surface area contributed by atoms with Gasteiger partial charge in [-0.25, -0.2) is 14.8 Å². The van der Waals surface area contributed by atoms with Crippen molar-refractivity contribution in [3.8, 4) is 0 Å². The number of nitrogens with one attached hydrogen (secondary N) is 2. The van der Waals surface area contributed by atoms with E-state index in [1.807, 2.05) is 48.9 Å². The quantitative estimate of drug-likeness (QED) is 0.554. The van der Waals surface area contributed by atoms with E-state index in [9.17, 15) is 4.79 Å². The van der Waals surface area contributed by atoms with Crippen molar-refractivity contribution in [3.05, 3.63) is 47.9 Å². The van der Waals surface area contributed by atoms with Crippen molar-refractivity contribution in [2.75, 3.05) is 17.5 Å². The second kappa shape index (κ2) is 6.57. The van der Waals surface area contributed by atoms with Gasteiger partial charge in [0.05, 0.1) is 18.0 Å².